The summed E-state index contributed by atoms with van der Waals surface area (Å²) in [5.41, 5.74) is -0.672. The summed E-state index contributed by atoms with van der Waals surface area (Å²) in [7, 11) is -3.62. The molecule has 1 aliphatic rings. The highest BCUT2D eigenvalue weighted by Gasteiger charge is 2.56. The summed E-state index contributed by atoms with van der Waals surface area (Å²) >= 11 is 0. The monoisotopic (exact) mass is 482 g/mol. The second-order valence-corrected chi connectivity index (χ2v) is 11.8. The van der Waals surface area contributed by atoms with E-state index >= 15 is 0 Å². The molecule has 0 saturated heterocycles. The third-order valence-electron chi connectivity index (χ3n) is 6.15. The summed E-state index contributed by atoms with van der Waals surface area (Å²) in [6, 6.07) is 6.02. The number of nitrogens with one attached hydrogen (secondary N) is 2. The summed E-state index contributed by atoms with van der Waals surface area (Å²) < 4.78 is 68.3. The zero-order chi connectivity index (χ0) is 24.9. The average molecular weight is 483 g/mol. The van der Waals surface area contributed by atoms with Gasteiger partial charge in [-0.1, -0.05) is 33.8 Å². The largest absolute Gasteiger partial charge is 0.349 e. The fourth-order valence-electron chi connectivity index (χ4n) is 4.17. The van der Waals surface area contributed by atoms with Gasteiger partial charge in [-0.3, -0.25) is 9.52 Å². The minimum Gasteiger partial charge on any atom is -0.349 e. The van der Waals surface area contributed by atoms with Crippen LogP contribution in [0.25, 0.3) is 0 Å². The average Bonchev–Trinajstić information content (AvgIpc) is 3.34. The van der Waals surface area contributed by atoms with Crippen molar-refractivity contribution in [1.82, 2.24) is 5.32 Å². The molecule has 180 valence electrons. The quantitative estimate of drug-likeness (QED) is 0.613. The Balaban J connectivity index is 1.73. The normalized spacial score (nSPS) is 21.4. The molecule has 0 radical (unpaired) electrons. The van der Waals surface area contributed by atoms with Crippen molar-refractivity contribution in [1.29, 1.82) is 0 Å². The summed E-state index contributed by atoms with van der Waals surface area (Å²) in [5, 5.41) is 2.81. The van der Waals surface area contributed by atoms with Crippen LogP contribution in [0, 0.1) is 23.4 Å². The predicted molar refractivity (Wildman–Crippen MR) is 122 cm³/mol. The lowest BCUT2D eigenvalue weighted by Crippen LogP contribution is -2.30. The molecule has 1 aliphatic carbocycles. The second-order valence-electron chi connectivity index (χ2n) is 10.1. The number of carbonyl (C=O) groups is 1. The number of benzene rings is 2. The zero-order valence-corrected chi connectivity index (χ0v) is 20.3. The van der Waals surface area contributed by atoms with Crippen molar-refractivity contribution >= 4 is 21.6 Å². The van der Waals surface area contributed by atoms with E-state index in [1.54, 1.807) is 34.6 Å². The zero-order valence-electron chi connectivity index (χ0n) is 19.5. The van der Waals surface area contributed by atoms with Gasteiger partial charge in [0.05, 0.1) is 18.0 Å². The molecular formula is C24H29F3N2O3S. The van der Waals surface area contributed by atoms with E-state index < -0.39 is 50.3 Å². The summed E-state index contributed by atoms with van der Waals surface area (Å²) in [6.45, 7) is 8.66. The Bertz CT molecular complexity index is 1180. The number of sulfonamides is 1. The maximum absolute atomic E-state index is 14.7. The first-order valence-corrected chi connectivity index (χ1v) is 12.5. The van der Waals surface area contributed by atoms with Gasteiger partial charge in [-0.2, -0.15) is 0 Å². The molecular weight excluding hydrogens is 453 g/mol. The van der Waals surface area contributed by atoms with Gasteiger partial charge in [0.15, 0.2) is 0 Å². The fourth-order valence-corrected chi connectivity index (χ4v) is 4.73. The van der Waals surface area contributed by atoms with Gasteiger partial charge in [0.2, 0.25) is 15.9 Å². The number of rotatable bonds is 6. The fraction of sp³-hybridized carbons (Fsp3) is 0.458. The molecule has 0 heterocycles. The molecule has 2 aromatic carbocycles. The Morgan fingerprint density at radius 2 is 1.67 bits per heavy atom. The SMILES string of the molecule is CC(NC(=O)[C@@H]1CC1(C)c1cc(F)c(C(C)(C)C)c(F)c1)c1ccc(NS(C)(=O)=O)c(F)c1. The minimum atomic E-state index is -3.62. The van der Waals surface area contributed by atoms with Crippen LogP contribution in [0.4, 0.5) is 18.9 Å². The Morgan fingerprint density at radius 3 is 2.15 bits per heavy atom. The highest BCUT2D eigenvalue weighted by atomic mass is 32.2. The number of carbonyl (C=O) groups excluding carboxylic acids is 1. The van der Waals surface area contributed by atoms with Gasteiger partial charge < -0.3 is 5.32 Å². The van der Waals surface area contributed by atoms with Crippen LogP contribution in [-0.4, -0.2) is 20.6 Å². The third-order valence-corrected chi connectivity index (χ3v) is 6.74. The molecule has 1 saturated carbocycles. The summed E-state index contributed by atoms with van der Waals surface area (Å²) in [6.07, 6.45) is 1.36. The van der Waals surface area contributed by atoms with Crippen molar-refractivity contribution < 1.29 is 26.4 Å². The van der Waals surface area contributed by atoms with Gasteiger partial charge in [-0.05, 0) is 54.2 Å². The third kappa shape index (κ3) is 5.34. The van der Waals surface area contributed by atoms with Crippen LogP contribution < -0.4 is 10.0 Å². The molecule has 1 fully saturated rings. The molecule has 0 spiro atoms. The van der Waals surface area contributed by atoms with Crippen LogP contribution in [0.1, 0.15) is 63.8 Å². The van der Waals surface area contributed by atoms with E-state index in [0.29, 0.717) is 17.5 Å². The molecule has 0 aromatic heterocycles. The van der Waals surface area contributed by atoms with Gasteiger partial charge in [0.1, 0.15) is 17.5 Å². The lowest BCUT2D eigenvalue weighted by Gasteiger charge is -2.23. The second kappa shape index (κ2) is 8.34. The van der Waals surface area contributed by atoms with Crippen molar-refractivity contribution in [2.45, 2.75) is 57.9 Å². The first-order chi connectivity index (χ1) is 15.0. The number of hydrogen-bond donors (Lipinski definition) is 2. The first-order valence-electron chi connectivity index (χ1n) is 10.6. The molecule has 33 heavy (non-hydrogen) atoms. The Labute approximate surface area is 192 Å². The highest BCUT2D eigenvalue weighted by Crippen LogP contribution is 2.54. The molecule has 0 aliphatic heterocycles. The van der Waals surface area contributed by atoms with Gasteiger partial charge in [-0.15, -0.1) is 0 Å². The van der Waals surface area contributed by atoms with Gasteiger partial charge in [0, 0.05) is 16.9 Å². The molecule has 3 atom stereocenters. The number of halogens is 3. The number of hydrogen-bond acceptors (Lipinski definition) is 3. The maximum atomic E-state index is 14.7. The molecule has 2 N–H and O–H groups in total. The topological polar surface area (TPSA) is 75.3 Å². The molecule has 9 heteroatoms. The summed E-state index contributed by atoms with van der Waals surface area (Å²) in [4.78, 5) is 12.8. The standard InChI is InChI=1S/C24H29F3N2O3S/c1-13(14-7-8-20(17(25)9-14)29-33(6,31)32)28-22(30)16-12-24(16,5)15-10-18(26)21(19(27)11-15)23(2,3)4/h7-11,13,16,29H,12H2,1-6H3,(H,28,30)/t13?,16-,24?/m0/s1. The van der Waals surface area contributed by atoms with Crippen molar-refractivity contribution in [3.05, 3.63) is 64.5 Å². The first kappa shape index (κ1) is 25.1. The maximum Gasteiger partial charge on any atom is 0.229 e. The van der Waals surface area contributed by atoms with Crippen molar-refractivity contribution in [3.8, 4) is 0 Å². The van der Waals surface area contributed by atoms with Crippen molar-refractivity contribution in [2.75, 3.05) is 11.0 Å². The molecule has 0 bridgehead atoms. The lowest BCUT2D eigenvalue weighted by molar-refractivity contribution is -0.123. The smallest absolute Gasteiger partial charge is 0.229 e. The number of amides is 1. The Kier molecular flexibility index (Phi) is 6.34. The minimum absolute atomic E-state index is 0.0148. The Hall–Kier alpha value is -2.55. The molecule has 1 amide bonds. The molecule has 3 rings (SSSR count). The van der Waals surface area contributed by atoms with Gasteiger partial charge in [0.25, 0.3) is 0 Å². The van der Waals surface area contributed by atoms with Crippen LogP contribution in [-0.2, 0) is 25.6 Å². The van der Waals surface area contributed by atoms with E-state index in [-0.39, 0.29) is 17.2 Å². The van der Waals surface area contributed by atoms with E-state index in [2.05, 4.69) is 10.0 Å². The molecule has 5 nitrogen and oxygen atoms in total. The van der Waals surface area contributed by atoms with Gasteiger partial charge in [-0.25, -0.2) is 21.6 Å². The van der Waals surface area contributed by atoms with Crippen LogP contribution in [0.15, 0.2) is 30.3 Å². The van der Waals surface area contributed by atoms with Crippen molar-refractivity contribution in [2.24, 2.45) is 5.92 Å². The Morgan fingerprint density at radius 1 is 1.09 bits per heavy atom. The lowest BCUT2D eigenvalue weighted by atomic mass is 9.83. The summed E-state index contributed by atoms with van der Waals surface area (Å²) in [5.74, 6) is -2.80. The van der Waals surface area contributed by atoms with Crippen LogP contribution >= 0.6 is 0 Å². The predicted octanol–water partition coefficient (Wildman–Crippen LogP) is 4.93. The number of anilines is 1. The van der Waals surface area contributed by atoms with E-state index in [0.717, 1.165) is 12.3 Å². The van der Waals surface area contributed by atoms with Crippen molar-refractivity contribution in [3.63, 3.8) is 0 Å². The molecule has 2 aromatic rings. The van der Waals surface area contributed by atoms with Crippen LogP contribution in [0.3, 0.4) is 0 Å². The van der Waals surface area contributed by atoms with E-state index in [9.17, 15) is 26.4 Å². The highest BCUT2D eigenvalue weighted by molar-refractivity contribution is 7.92. The van der Waals surface area contributed by atoms with E-state index in [4.69, 9.17) is 0 Å². The van der Waals surface area contributed by atoms with Crippen LogP contribution in [0.2, 0.25) is 0 Å². The van der Waals surface area contributed by atoms with Gasteiger partial charge >= 0.3 is 0 Å². The van der Waals surface area contributed by atoms with Crippen LogP contribution in [0.5, 0.6) is 0 Å². The molecule has 2 unspecified atom stereocenters. The van der Waals surface area contributed by atoms with E-state index in [1.807, 2.05) is 0 Å². The van der Waals surface area contributed by atoms with E-state index in [1.165, 1.54) is 24.3 Å².